The lowest BCUT2D eigenvalue weighted by Gasteiger charge is -2.20. The quantitative estimate of drug-likeness (QED) is 0.462. The van der Waals surface area contributed by atoms with Crippen molar-refractivity contribution in [2.45, 2.75) is 13.0 Å². The fourth-order valence-electron chi connectivity index (χ4n) is 2.35. The summed E-state index contributed by atoms with van der Waals surface area (Å²) in [5.41, 5.74) is 2.29. The van der Waals surface area contributed by atoms with Crippen molar-refractivity contribution in [3.63, 3.8) is 0 Å². The van der Waals surface area contributed by atoms with E-state index in [4.69, 9.17) is 10.00 Å². The summed E-state index contributed by atoms with van der Waals surface area (Å²) < 4.78 is 5.10. The first-order valence-corrected chi connectivity index (χ1v) is 7.75. The third kappa shape index (κ3) is 4.92. The summed E-state index contributed by atoms with van der Waals surface area (Å²) in [6.07, 6.45) is 1.51. The van der Waals surface area contributed by atoms with Crippen LogP contribution < -0.4 is 5.32 Å². The van der Waals surface area contributed by atoms with Crippen LogP contribution in [0.2, 0.25) is 0 Å². The van der Waals surface area contributed by atoms with Crippen molar-refractivity contribution in [2.75, 3.05) is 11.9 Å². The van der Waals surface area contributed by atoms with E-state index in [9.17, 15) is 14.9 Å². The molecule has 1 atom stereocenters. The van der Waals surface area contributed by atoms with Gasteiger partial charge in [-0.25, -0.2) is 0 Å². The Bertz CT molecular complexity index is 869. The molecule has 132 valence electrons. The summed E-state index contributed by atoms with van der Waals surface area (Å²) in [5.74, 6) is -0.453. The molecule has 0 radical (unpaired) electrons. The molecular weight excluding hydrogens is 334 g/mol. The Balaban J connectivity index is 2.38. The number of hydrogen-bond acceptors (Lipinski definition) is 6. The second-order valence-corrected chi connectivity index (χ2v) is 5.51. The van der Waals surface area contributed by atoms with Gasteiger partial charge in [0.2, 0.25) is 0 Å². The number of nitrogens with zero attached hydrogens (tertiary/aromatic N) is 2. The van der Waals surface area contributed by atoms with Gasteiger partial charge in [0.1, 0.15) is 6.61 Å². The molecule has 7 heteroatoms. The molecular formula is C19H17N3O4. The number of nitro groups is 1. The van der Waals surface area contributed by atoms with Gasteiger partial charge in [0, 0.05) is 24.7 Å². The summed E-state index contributed by atoms with van der Waals surface area (Å²) in [6.45, 7) is 4.94. The molecule has 0 saturated heterocycles. The summed E-state index contributed by atoms with van der Waals surface area (Å²) in [5, 5.41) is 23.2. The standard InChI is InChI=1S/C19H17N3O4/c1-3-14-8-16(10-18(9-14)22(24)25)19(12-26-13(2)23)21-17-6-4-15(11-20)5-7-17/h3-10,19,21H,1,12H2,2H3. The number of nitriles is 1. The summed E-state index contributed by atoms with van der Waals surface area (Å²) in [7, 11) is 0. The number of ether oxygens (including phenoxy) is 1. The van der Waals surface area contributed by atoms with E-state index >= 15 is 0 Å². The van der Waals surface area contributed by atoms with Crippen LogP contribution in [0.25, 0.3) is 6.08 Å². The second kappa shape index (κ2) is 8.44. The Morgan fingerprint density at radius 3 is 2.62 bits per heavy atom. The Labute approximate surface area is 150 Å². The minimum absolute atomic E-state index is 0.00686. The van der Waals surface area contributed by atoms with E-state index in [1.165, 1.54) is 25.1 Å². The van der Waals surface area contributed by atoms with Crippen LogP contribution in [0, 0.1) is 21.4 Å². The van der Waals surface area contributed by atoms with Crippen molar-refractivity contribution in [1.29, 1.82) is 5.26 Å². The van der Waals surface area contributed by atoms with Crippen LogP contribution in [-0.4, -0.2) is 17.5 Å². The highest BCUT2D eigenvalue weighted by Crippen LogP contribution is 2.26. The second-order valence-electron chi connectivity index (χ2n) is 5.51. The average Bonchev–Trinajstić information content (AvgIpc) is 2.64. The van der Waals surface area contributed by atoms with Gasteiger partial charge in [-0.2, -0.15) is 5.26 Å². The summed E-state index contributed by atoms with van der Waals surface area (Å²) in [4.78, 5) is 21.9. The third-order valence-corrected chi connectivity index (χ3v) is 3.62. The molecule has 0 amide bonds. The molecule has 0 bridgehead atoms. The van der Waals surface area contributed by atoms with Crippen LogP contribution in [0.4, 0.5) is 11.4 Å². The first-order valence-electron chi connectivity index (χ1n) is 7.75. The van der Waals surface area contributed by atoms with E-state index in [0.717, 1.165) is 0 Å². The van der Waals surface area contributed by atoms with Gasteiger partial charge in [-0.15, -0.1) is 0 Å². The van der Waals surface area contributed by atoms with Crippen molar-refractivity contribution in [2.24, 2.45) is 0 Å². The lowest BCUT2D eigenvalue weighted by atomic mass is 10.0. The number of carbonyl (C=O) groups excluding carboxylic acids is 1. The maximum absolute atomic E-state index is 11.2. The molecule has 0 aliphatic heterocycles. The first kappa shape index (κ1) is 18.7. The van der Waals surface area contributed by atoms with Crippen molar-refractivity contribution in [3.8, 4) is 6.07 Å². The van der Waals surface area contributed by atoms with Crippen LogP contribution >= 0.6 is 0 Å². The summed E-state index contributed by atoms with van der Waals surface area (Å²) >= 11 is 0. The van der Waals surface area contributed by atoms with Gasteiger partial charge in [0.25, 0.3) is 5.69 Å². The van der Waals surface area contributed by atoms with E-state index in [1.54, 1.807) is 30.3 Å². The van der Waals surface area contributed by atoms with Gasteiger partial charge < -0.3 is 10.1 Å². The minimum Gasteiger partial charge on any atom is -0.463 e. The lowest BCUT2D eigenvalue weighted by molar-refractivity contribution is -0.384. The van der Waals surface area contributed by atoms with Crippen LogP contribution in [0.1, 0.15) is 29.7 Å². The number of nitro benzene ring substituents is 1. The fraction of sp³-hybridized carbons (Fsp3) is 0.158. The zero-order valence-corrected chi connectivity index (χ0v) is 14.1. The Hall–Kier alpha value is -3.66. The Morgan fingerprint density at radius 2 is 2.08 bits per heavy atom. The molecule has 1 unspecified atom stereocenters. The lowest BCUT2D eigenvalue weighted by Crippen LogP contribution is -2.19. The maximum Gasteiger partial charge on any atom is 0.302 e. The SMILES string of the molecule is C=Cc1cc(C(COC(C)=O)Nc2ccc(C#N)cc2)cc([N+](=O)[O-])c1. The van der Waals surface area contributed by atoms with Crippen molar-refractivity contribution in [3.05, 3.63) is 75.8 Å². The van der Waals surface area contributed by atoms with Gasteiger partial charge in [-0.3, -0.25) is 14.9 Å². The van der Waals surface area contributed by atoms with E-state index in [-0.39, 0.29) is 12.3 Å². The van der Waals surface area contributed by atoms with E-state index in [2.05, 4.69) is 11.9 Å². The maximum atomic E-state index is 11.2. The van der Waals surface area contributed by atoms with Crippen LogP contribution in [0.3, 0.4) is 0 Å². The predicted octanol–water partition coefficient (Wildman–Crippen LogP) is 3.83. The molecule has 1 N–H and O–H groups in total. The molecule has 2 rings (SSSR count). The largest absolute Gasteiger partial charge is 0.463 e. The molecule has 2 aromatic rings. The smallest absolute Gasteiger partial charge is 0.302 e. The molecule has 0 spiro atoms. The highest BCUT2D eigenvalue weighted by Gasteiger charge is 2.18. The number of carbonyl (C=O) groups is 1. The van der Waals surface area contributed by atoms with Crippen LogP contribution in [0.15, 0.2) is 49.0 Å². The summed E-state index contributed by atoms with van der Waals surface area (Å²) in [6, 6.07) is 12.8. The van der Waals surface area contributed by atoms with Gasteiger partial charge in [0.05, 0.1) is 22.6 Å². The first-order chi connectivity index (χ1) is 12.4. The van der Waals surface area contributed by atoms with Crippen LogP contribution in [0.5, 0.6) is 0 Å². The van der Waals surface area contributed by atoms with Crippen LogP contribution in [-0.2, 0) is 9.53 Å². The van der Waals surface area contributed by atoms with Gasteiger partial charge in [-0.1, -0.05) is 12.7 Å². The zero-order chi connectivity index (χ0) is 19.1. The van der Waals surface area contributed by atoms with E-state index in [0.29, 0.717) is 22.4 Å². The highest BCUT2D eigenvalue weighted by atomic mass is 16.6. The zero-order valence-electron chi connectivity index (χ0n) is 14.1. The number of non-ortho nitro benzene ring substituents is 1. The number of rotatable bonds is 7. The Kier molecular flexibility index (Phi) is 6.06. The fourth-order valence-corrected chi connectivity index (χ4v) is 2.35. The molecule has 7 nitrogen and oxygen atoms in total. The van der Waals surface area contributed by atoms with Crippen molar-refractivity contribution >= 4 is 23.4 Å². The molecule has 0 aliphatic carbocycles. The predicted molar refractivity (Wildman–Crippen MR) is 97.3 cm³/mol. The van der Waals surface area contributed by atoms with Crippen molar-refractivity contribution in [1.82, 2.24) is 0 Å². The molecule has 0 fully saturated rings. The topological polar surface area (TPSA) is 105 Å². The van der Waals surface area contributed by atoms with Gasteiger partial charge in [-0.05, 0) is 41.5 Å². The number of anilines is 1. The number of nitrogens with one attached hydrogen (secondary N) is 1. The highest BCUT2D eigenvalue weighted by molar-refractivity contribution is 5.66. The van der Waals surface area contributed by atoms with E-state index in [1.807, 2.05) is 6.07 Å². The molecule has 0 heterocycles. The van der Waals surface area contributed by atoms with E-state index < -0.39 is 16.9 Å². The minimum atomic E-state index is -0.509. The Morgan fingerprint density at radius 1 is 1.38 bits per heavy atom. The molecule has 26 heavy (non-hydrogen) atoms. The molecule has 0 saturated carbocycles. The number of esters is 1. The van der Waals surface area contributed by atoms with Gasteiger partial charge in [0.15, 0.2) is 0 Å². The third-order valence-electron chi connectivity index (χ3n) is 3.62. The number of hydrogen-bond donors (Lipinski definition) is 1. The monoisotopic (exact) mass is 351 g/mol. The number of benzene rings is 2. The van der Waals surface area contributed by atoms with Gasteiger partial charge >= 0.3 is 5.97 Å². The molecule has 0 aromatic heterocycles. The van der Waals surface area contributed by atoms with Crippen molar-refractivity contribution < 1.29 is 14.5 Å². The molecule has 0 aliphatic rings. The average molecular weight is 351 g/mol. The normalized spacial score (nSPS) is 11.1. The molecule has 2 aromatic carbocycles.